The van der Waals surface area contributed by atoms with E-state index in [4.69, 9.17) is 4.74 Å². The number of rotatable bonds is 3. The molecule has 5 nitrogen and oxygen atoms in total. The highest BCUT2D eigenvalue weighted by atomic mass is 16.5. The van der Waals surface area contributed by atoms with Crippen molar-refractivity contribution in [1.82, 2.24) is 5.32 Å². The maximum atomic E-state index is 12.4. The summed E-state index contributed by atoms with van der Waals surface area (Å²) in [7, 11) is 0. The van der Waals surface area contributed by atoms with Crippen LogP contribution in [0.3, 0.4) is 0 Å². The first kappa shape index (κ1) is 14.5. The van der Waals surface area contributed by atoms with Crippen LogP contribution in [-0.2, 0) is 4.74 Å². The predicted octanol–water partition coefficient (Wildman–Crippen LogP) is 1.91. The smallest absolute Gasteiger partial charge is 0.336 e. The molecule has 0 aromatic heterocycles. The molecular formula is C15H19NO4. The first-order valence-corrected chi connectivity index (χ1v) is 6.67. The normalized spacial score (nSPS) is 21.8. The summed E-state index contributed by atoms with van der Waals surface area (Å²) >= 11 is 0. The van der Waals surface area contributed by atoms with Crippen LogP contribution in [0.4, 0.5) is 0 Å². The highest BCUT2D eigenvalue weighted by molar-refractivity contribution is 6.06. The molecule has 1 aliphatic heterocycles. The number of carboxylic acids is 1. The van der Waals surface area contributed by atoms with E-state index in [1.165, 1.54) is 0 Å². The predicted molar refractivity (Wildman–Crippen MR) is 74.2 cm³/mol. The van der Waals surface area contributed by atoms with Gasteiger partial charge < -0.3 is 15.2 Å². The topological polar surface area (TPSA) is 75.6 Å². The molecule has 108 valence electrons. The molecule has 1 amide bonds. The minimum absolute atomic E-state index is 0.0441. The fraction of sp³-hybridized carbons (Fsp3) is 0.467. The second kappa shape index (κ2) is 5.63. The van der Waals surface area contributed by atoms with Crippen molar-refractivity contribution >= 4 is 11.9 Å². The SMILES string of the molecule is Cc1ccc(C)c(C(=O)NC2CCOC2C)c1C(=O)O. The number of aryl methyl sites for hydroxylation is 2. The van der Waals surface area contributed by atoms with E-state index in [2.05, 4.69) is 5.32 Å². The minimum Gasteiger partial charge on any atom is -0.478 e. The van der Waals surface area contributed by atoms with Crippen LogP contribution in [0.25, 0.3) is 0 Å². The number of nitrogens with one attached hydrogen (secondary N) is 1. The fourth-order valence-electron chi connectivity index (χ4n) is 2.54. The van der Waals surface area contributed by atoms with Gasteiger partial charge in [-0.2, -0.15) is 0 Å². The minimum atomic E-state index is -1.08. The molecule has 1 saturated heterocycles. The molecule has 20 heavy (non-hydrogen) atoms. The van der Waals surface area contributed by atoms with E-state index in [0.29, 0.717) is 17.7 Å². The maximum absolute atomic E-state index is 12.4. The molecule has 0 aliphatic carbocycles. The number of hydrogen-bond acceptors (Lipinski definition) is 3. The van der Waals surface area contributed by atoms with Crippen LogP contribution < -0.4 is 5.32 Å². The molecule has 1 aromatic rings. The van der Waals surface area contributed by atoms with Crippen molar-refractivity contribution in [2.75, 3.05) is 6.61 Å². The van der Waals surface area contributed by atoms with Crippen LogP contribution in [-0.4, -0.2) is 35.7 Å². The summed E-state index contributed by atoms with van der Waals surface area (Å²) in [6.45, 7) is 5.96. The molecule has 1 heterocycles. The zero-order chi connectivity index (χ0) is 14.9. The molecule has 0 radical (unpaired) electrons. The third kappa shape index (κ3) is 2.67. The maximum Gasteiger partial charge on any atom is 0.336 e. The highest BCUT2D eigenvalue weighted by Gasteiger charge is 2.28. The molecule has 0 spiro atoms. The fourth-order valence-corrected chi connectivity index (χ4v) is 2.54. The van der Waals surface area contributed by atoms with Gasteiger partial charge in [-0.1, -0.05) is 12.1 Å². The van der Waals surface area contributed by atoms with E-state index in [1.807, 2.05) is 6.92 Å². The molecule has 1 aromatic carbocycles. The number of amides is 1. The van der Waals surface area contributed by atoms with E-state index >= 15 is 0 Å². The van der Waals surface area contributed by atoms with Crippen molar-refractivity contribution in [3.8, 4) is 0 Å². The lowest BCUT2D eigenvalue weighted by Crippen LogP contribution is -2.40. The van der Waals surface area contributed by atoms with E-state index < -0.39 is 5.97 Å². The molecule has 2 unspecified atom stereocenters. The average molecular weight is 277 g/mol. The van der Waals surface area contributed by atoms with Crippen LogP contribution in [0.5, 0.6) is 0 Å². The largest absolute Gasteiger partial charge is 0.478 e. The van der Waals surface area contributed by atoms with Crippen LogP contribution in [0.2, 0.25) is 0 Å². The van der Waals surface area contributed by atoms with E-state index in [9.17, 15) is 14.7 Å². The van der Waals surface area contributed by atoms with Gasteiger partial charge in [-0.3, -0.25) is 4.79 Å². The van der Waals surface area contributed by atoms with Crippen LogP contribution in [0.1, 0.15) is 45.2 Å². The number of carboxylic acid groups (broad SMARTS) is 1. The van der Waals surface area contributed by atoms with Crippen molar-refractivity contribution in [2.24, 2.45) is 0 Å². The average Bonchev–Trinajstić information content (AvgIpc) is 2.77. The lowest BCUT2D eigenvalue weighted by atomic mass is 9.96. The number of hydrogen-bond donors (Lipinski definition) is 2. The van der Waals surface area contributed by atoms with E-state index in [1.54, 1.807) is 26.0 Å². The van der Waals surface area contributed by atoms with Gasteiger partial charge in [0, 0.05) is 6.61 Å². The van der Waals surface area contributed by atoms with Crippen molar-refractivity contribution in [1.29, 1.82) is 0 Å². The second-order valence-electron chi connectivity index (χ2n) is 5.20. The molecule has 5 heteroatoms. The number of carbonyl (C=O) groups is 2. The van der Waals surface area contributed by atoms with E-state index in [-0.39, 0.29) is 29.2 Å². The van der Waals surface area contributed by atoms with Gasteiger partial charge in [0.25, 0.3) is 5.91 Å². The van der Waals surface area contributed by atoms with Gasteiger partial charge in [0.2, 0.25) is 0 Å². The summed E-state index contributed by atoms with van der Waals surface area (Å²) in [4.78, 5) is 23.8. The van der Waals surface area contributed by atoms with Crippen LogP contribution >= 0.6 is 0 Å². The van der Waals surface area contributed by atoms with Gasteiger partial charge in [-0.15, -0.1) is 0 Å². The highest BCUT2D eigenvalue weighted by Crippen LogP contribution is 2.20. The molecule has 2 N–H and O–H groups in total. The summed E-state index contributed by atoms with van der Waals surface area (Å²) < 4.78 is 5.40. The number of benzene rings is 1. The summed E-state index contributed by atoms with van der Waals surface area (Å²) in [6, 6.07) is 3.42. The summed E-state index contributed by atoms with van der Waals surface area (Å²) in [5.74, 6) is -1.42. The Balaban J connectivity index is 2.34. The van der Waals surface area contributed by atoms with Gasteiger partial charge in [0.1, 0.15) is 0 Å². The van der Waals surface area contributed by atoms with Crippen molar-refractivity contribution < 1.29 is 19.4 Å². The number of aromatic carboxylic acids is 1. The number of ether oxygens (including phenoxy) is 1. The lowest BCUT2D eigenvalue weighted by molar-refractivity contribution is 0.0688. The quantitative estimate of drug-likeness (QED) is 0.885. The molecule has 2 atom stereocenters. The first-order valence-electron chi connectivity index (χ1n) is 6.67. The Bertz CT molecular complexity index is 553. The molecule has 1 aliphatic rings. The summed E-state index contributed by atoms with van der Waals surface area (Å²) in [5, 5.41) is 12.2. The summed E-state index contributed by atoms with van der Waals surface area (Å²) in [6.07, 6.45) is 0.706. The Hall–Kier alpha value is -1.88. The lowest BCUT2D eigenvalue weighted by Gasteiger charge is -2.18. The van der Waals surface area contributed by atoms with Gasteiger partial charge in [0.15, 0.2) is 0 Å². The standard InChI is InChI=1S/C15H19NO4/c1-8-4-5-9(2)13(15(18)19)12(8)14(17)16-11-6-7-20-10(11)3/h4-5,10-11H,6-7H2,1-3H3,(H,16,17)(H,18,19). The zero-order valence-electron chi connectivity index (χ0n) is 11.9. The monoisotopic (exact) mass is 277 g/mol. The Morgan fingerprint density at radius 2 is 1.85 bits per heavy atom. The third-order valence-corrected chi connectivity index (χ3v) is 3.76. The number of carbonyl (C=O) groups excluding carboxylic acids is 1. The third-order valence-electron chi connectivity index (χ3n) is 3.76. The first-order chi connectivity index (χ1) is 9.41. The van der Waals surface area contributed by atoms with Crippen LogP contribution in [0.15, 0.2) is 12.1 Å². The van der Waals surface area contributed by atoms with Gasteiger partial charge in [-0.05, 0) is 38.3 Å². The summed E-state index contributed by atoms with van der Waals surface area (Å²) in [5.41, 5.74) is 1.58. The molecular weight excluding hydrogens is 258 g/mol. The Labute approximate surface area is 117 Å². The zero-order valence-corrected chi connectivity index (χ0v) is 11.9. The molecule has 1 fully saturated rings. The second-order valence-corrected chi connectivity index (χ2v) is 5.20. The van der Waals surface area contributed by atoms with Crippen molar-refractivity contribution in [3.05, 3.63) is 34.4 Å². The molecule has 0 saturated carbocycles. The Morgan fingerprint density at radius 3 is 2.35 bits per heavy atom. The van der Waals surface area contributed by atoms with Gasteiger partial charge in [0.05, 0.1) is 23.3 Å². The van der Waals surface area contributed by atoms with Crippen LogP contribution in [0, 0.1) is 13.8 Å². The molecule has 2 rings (SSSR count). The van der Waals surface area contributed by atoms with Gasteiger partial charge >= 0.3 is 5.97 Å². The van der Waals surface area contributed by atoms with Crippen molar-refractivity contribution in [3.63, 3.8) is 0 Å². The van der Waals surface area contributed by atoms with E-state index in [0.717, 1.165) is 6.42 Å². The van der Waals surface area contributed by atoms with Gasteiger partial charge in [-0.25, -0.2) is 4.79 Å². The van der Waals surface area contributed by atoms with Crippen molar-refractivity contribution in [2.45, 2.75) is 39.3 Å². The molecule has 0 bridgehead atoms. The Kier molecular flexibility index (Phi) is 4.09. The Morgan fingerprint density at radius 1 is 1.25 bits per heavy atom.